The van der Waals surface area contributed by atoms with Crippen molar-refractivity contribution in [2.24, 2.45) is 0 Å². The predicted molar refractivity (Wildman–Crippen MR) is 125 cm³/mol. The van der Waals surface area contributed by atoms with Gasteiger partial charge in [-0.1, -0.05) is 54.1 Å². The Kier molecular flexibility index (Phi) is 5.76. The zero-order valence-corrected chi connectivity index (χ0v) is 18.7. The van der Waals surface area contributed by atoms with Gasteiger partial charge < -0.3 is 9.84 Å². The van der Waals surface area contributed by atoms with E-state index in [-0.39, 0.29) is 11.3 Å². The van der Waals surface area contributed by atoms with Gasteiger partial charge in [-0.05, 0) is 54.8 Å². The number of Topliss-reactive ketones (excluding diaryl/α,β-unsaturated/α-hetero) is 1. The van der Waals surface area contributed by atoms with E-state index in [1.807, 2.05) is 50.2 Å². The minimum atomic E-state index is -0.819. The lowest BCUT2D eigenvalue weighted by atomic mass is 9.93. The fraction of sp³-hybridized carbons (Fsp3) is 0.154. The summed E-state index contributed by atoms with van der Waals surface area (Å²) in [6.07, 6.45) is 0. The number of carbonyl (C=O) groups is 2. The summed E-state index contributed by atoms with van der Waals surface area (Å²) in [7, 11) is 1.51. The lowest BCUT2D eigenvalue weighted by molar-refractivity contribution is -0.132. The van der Waals surface area contributed by atoms with Crippen LogP contribution in [0, 0.1) is 13.8 Å². The first-order chi connectivity index (χ1) is 15.3. The first-order valence-corrected chi connectivity index (χ1v) is 10.5. The van der Waals surface area contributed by atoms with Crippen LogP contribution >= 0.6 is 11.6 Å². The fourth-order valence-corrected chi connectivity index (χ4v) is 4.41. The Hall–Kier alpha value is -3.57. The summed E-state index contributed by atoms with van der Waals surface area (Å²) in [6, 6.07) is 18.7. The molecule has 1 aliphatic heterocycles. The molecule has 0 aromatic heterocycles. The maximum absolute atomic E-state index is 13.3. The summed E-state index contributed by atoms with van der Waals surface area (Å²) in [6.45, 7) is 3.75. The maximum atomic E-state index is 13.3. The van der Waals surface area contributed by atoms with E-state index in [0.717, 1.165) is 11.1 Å². The van der Waals surface area contributed by atoms with Gasteiger partial charge >= 0.3 is 0 Å². The lowest BCUT2D eigenvalue weighted by Crippen LogP contribution is -2.29. The Morgan fingerprint density at radius 1 is 1.00 bits per heavy atom. The first kappa shape index (κ1) is 21.7. The Morgan fingerprint density at radius 2 is 1.72 bits per heavy atom. The van der Waals surface area contributed by atoms with Crippen LogP contribution in [0.25, 0.3) is 5.76 Å². The first-order valence-electron chi connectivity index (χ1n) is 10.1. The molecule has 1 amide bonds. The molecule has 1 saturated heterocycles. The molecule has 1 aliphatic rings. The highest BCUT2D eigenvalue weighted by atomic mass is 35.5. The van der Waals surface area contributed by atoms with Crippen LogP contribution in [0.5, 0.6) is 5.75 Å². The van der Waals surface area contributed by atoms with Crippen LogP contribution in [-0.4, -0.2) is 23.9 Å². The topological polar surface area (TPSA) is 66.8 Å². The summed E-state index contributed by atoms with van der Waals surface area (Å²) in [5.74, 6) is -1.32. The summed E-state index contributed by atoms with van der Waals surface area (Å²) in [5.41, 5.74) is 3.25. The third kappa shape index (κ3) is 3.65. The molecule has 1 heterocycles. The van der Waals surface area contributed by atoms with Gasteiger partial charge in [0.2, 0.25) is 0 Å². The standard InChI is InChI=1S/C26H22ClNO4/c1-15-12-16(2)25(32-3)20(13-15)23(29)21-22(17-8-5-4-6-9-17)28(26(31)24(21)30)19-11-7-10-18(27)14-19/h4-14,22,29H,1-3H3/b23-21+. The van der Waals surface area contributed by atoms with Crippen molar-refractivity contribution in [2.45, 2.75) is 19.9 Å². The molecule has 0 spiro atoms. The van der Waals surface area contributed by atoms with Gasteiger partial charge in [0.15, 0.2) is 0 Å². The predicted octanol–water partition coefficient (Wildman–Crippen LogP) is 5.59. The summed E-state index contributed by atoms with van der Waals surface area (Å²) in [5, 5.41) is 11.8. The SMILES string of the molecule is COc1c(C)cc(C)cc1/C(O)=C1\C(=O)C(=O)N(c2cccc(Cl)c2)C1c1ccccc1. The molecule has 3 aromatic carbocycles. The number of carbonyl (C=O) groups excluding carboxylic acids is 2. The monoisotopic (exact) mass is 447 g/mol. The highest BCUT2D eigenvalue weighted by molar-refractivity contribution is 6.51. The van der Waals surface area contributed by atoms with Crippen LogP contribution in [0.2, 0.25) is 5.02 Å². The number of benzene rings is 3. The van der Waals surface area contributed by atoms with Crippen LogP contribution in [0.1, 0.15) is 28.3 Å². The van der Waals surface area contributed by atoms with Crippen molar-refractivity contribution >= 4 is 34.7 Å². The highest BCUT2D eigenvalue weighted by Crippen LogP contribution is 2.44. The Morgan fingerprint density at radius 3 is 2.38 bits per heavy atom. The number of hydrogen-bond donors (Lipinski definition) is 1. The number of aryl methyl sites for hydroxylation is 2. The van der Waals surface area contributed by atoms with Crippen molar-refractivity contribution in [1.29, 1.82) is 0 Å². The molecule has 1 fully saturated rings. The molecule has 1 unspecified atom stereocenters. The van der Waals surface area contributed by atoms with Gasteiger partial charge in [0.25, 0.3) is 11.7 Å². The number of aliphatic hydroxyl groups excluding tert-OH is 1. The number of halogens is 1. The van der Waals surface area contributed by atoms with Gasteiger partial charge in [0, 0.05) is 10.7 Å². The average Bonchev–Trinajstić information content (AvgIpc) is 3.04. The van der Waals surface area contributed by atoms with Crippen LogP contribution in [0.4, 0.5) is 5.69 Å². The number of aliphatic hydroxyl groups is 1. The zero-order valence-electron chi connectivity index (χ0n) is 17.9. The van der Waals surface area contributed by atoms with Crippen molar-refractivity contribution in [3.05, 3.63) is 99.6 Å². The third-order valence-electron chi connectivity index (χ3n) is 5.52. The average molecular weight is 448 g/mol. The quantitative estimate of drug-likeness (QED) is 0.321. The summed E-state index contributed by atoms with van der Waals surface area (Å²) >= 11 is 6.17. The number of rotatable bonds is 4. The molecule has 0 bridgehead atoms. The number of hydrogen-bond acceptors (Lipinski definition) is 4. The molecule has 5 nitrogen and oxygen atoms in total. The van der Waals surface area contributed by atoms with E-state index < -0.39 is 17.7 Å². The van der Waals surface area contributed by atoms with E-state index in [1.54, 1.807) is 30.3 Å². The van der Waals surface area contributed by atoms with Crippen molar-refractivity contribution in [3.8, 4) is 5.75 Å². The molecule has 3 aromatic rings. The molecular weight excluding hydrogens is 426 g/mol. The second-order valence-corrected chi connectivity index (χ2v) is 8.16. The van der Waals surface area contributed by atoms with Gasteiger partial charge in [0.05, 0.1) is 24.3 Å². The minimum Gasteiger partial charge on any atom is -0.507 e. The summed E-state index contributed by atoms with van der Waals surface area (Å²) in [4.78, 5) is 27.8. The number of ether oxygens (including phenoxy) is 1. The van der Waals surface area contributed by atoms with Gasteiger partial charge in [-0.2, -0.15) is 0 Å². The molecule has 6 heteroatoms. The fourth-order valence-electron chi connectivity index (χ4n) is 4.22. The minimum absolute atomic E-state index is 0.00414. The highest BCUT2D eigenvalue weighted by Gasteiger charge is 2.47. The molecule has 0 radical (unpaired) electrons. The normalized spacial score (nSPS) is 17.6. The van der Waals surface area contributed by atoms with Gasteiger partial charge in [0.1, 0.15) is 11.5 Å². The van der Waals surface area contributed by atoms with Crippen molar-refractivity contribution in [2.75, 3.05) is 12.0 Å². The summed E-state index contributed by atoms with van der Waals surface area (Å²) < 4.78 is 5.52. The van der Waals surface area contributed by atoms with Crippen LogP contribution in [0.15, 0.2) is 72.3 Å². The lowest BCUT2D eigenvalue weighted by Gasteiger charge is -2.25. The number of ketones is 1. The van der Waals surface area contributed by atoms with Crippen molar-refractivity contribution in [3.63, 3.8) is 0 Å². The van der Waals surface area contributed by atoms with Gasteiger partial charge in [-0.3, -0.25) is 14.5 Å². The smallest absolute Gasteiger partial charge is 0.300 e. The van der Waals surface area contributed by atoms with Crippen LogP contribution < -0.4 is 9.64 Å². The molecular formula is C26H22ClNO4. The van der Waals surface area contributed by atoms with Crippen molar-refractivity contribution < 1.29 is 19.4 Å². The molecule has 0 saturated carbocycles. The van der Waals surface area contributed by atoms with Crippen molar-refractivity contribution in [1.82, 2.24) is 0 Å². The second-order valence-electron chi connectivity index (χ2n) is 7.72. The van der Waals surface area contributed by atoms with E-state index >= 15 is 0 Å². The number of amides is 1. The molecule has 1 atom stereocenters. The van der Waals surface area contributed by atoms with Gasteiger partial charge in [-0.15, -0.1) is 0 Å². The van der Waals surface area contributed by atoms with Crippen LogP contribution in [0.3, 0.4) is 0 Å². The number of anilines is 1. The van der Waals surface area contributed by atoms with Crippen LogP contribution in [-0.2, 0) is 9.59 Å². The van der Waals surface area contributed by atoms with E-state index in [1.165, 1.54) is 12.0 Å². The molecule has 1 N–H and O–H groups in total. The number of nitrogens with zero attached hydrogens (tertiary/aromatic N) is 1. The maximum Gasteiger partial charge on any atom is 0.300 e. The van der Waals surface area contributed by atoms with E-state index in [4.69, 9.17) is 16.3 Å². The third-order valence-corrected chi connectivity index (χ3v) is 5.76. The Bertz CT molecular complexity index is 1250. The largest absolute Gasteiger partial charge is 0.507 e. The Labute approximate surface area is 191 Å². The molecule has 4 rings (SSSR count). The molecule has 0 aliphatic carbocycles. The van der Waals surface area contributed by atoms with Gasteiger partial charge in [-0.25, -0.2) is 0 Å². The second kappa shape index (κ2) is 8.52. The zero-order chi connectivity index (χ0) is 23.0. The molecule has 162 valence electrons. The molecule has 32 heavy (non-hydrogen) atoms. The van der Waals surface area contributed by atoms with E-state index in [2.05, 4.69) is 0 Å². The number of methoxy groups -OCH3 is 1. The Balaban J connectivity index is 2.01. The van der Waals surface area contributed by atoms with E-state index in [9.17, 15) is 14.7 Å². The van der Waals surface area contributed by atoms with E-state index in [0.29, 0.717) is 27.6 Å².